The van der Waals surface area contributed by atoms with Gasteiger partial charge in [0.15, 0.2) is 5.13 Å². The summed E-state index contributed by atoms with van der Waals surface area (Å²) in [5.41, 5.74) is 2.77. The fourth-order valence-electron chi connectivity index (χ4n) is 4.64. The molecule has 206 valence electrons. The highest BCUT2D eigenvalue weighted by atomic mass is 32.1. The highest BCUT2D eigenvalue weighted by Crippen LogP contribution is 2.45. The molecule has 9 heteroatoms. The van der Waals surface area contributed by atoms with Gasteiger partial charge in [0, 0.05) is 25.3 Å². The van der Waals surface area contributed by atoms with Crippen molar-refractivity contribution in [2.45, 2.75) is 26.3 Å². The molecule has 0 spiro atoms. The summed E-state index contributed by atoms with van der Waals surface area (Å²) >= 11 is 1.30. The molecule has 1 saturated heterocycles. The average Bonchev–Trinajstić information content (AvgIpc) is 3.49. The lowest BCUT2D eigenvalue weighted by atomic mass is 9.95. The lowest BCUT2D eigenvalue weighted by Crippen LogP contribution is -2.29. The van der Waals surface area contributed by atoms with Crippen LogP contribution in [0, 0.1) is 0 Å². The van der Waals surface area contributed by atoms with E-state index in [2.05, 4.69) is 0 Å². The molecule has 1 amide bonds. The van der Waals surface area contributed by atoms with Gasteiger partial charge in [0.2, 0.25) is 0 Å². The Kier molecular flexibility index (Phi) is 7.75. The number of ether oxygens (including phenoxy) is 2. The topological polar surface area (TPSA) is 92.2 Å². The number of nitrogens with zero attached hydrogens (tertiary/aromatic N) is 3. The van der Waals surface area contributed by atoms with Gasteiger partial charge in [-0.25, -0.2) is 4.98 Å². The number of carbonyl (C=O) groups is 2. The van der Waals surface area contributed by atoms with Crippen LogP contribution >= 0.6 is 11.3 Å². The van der Waals surface area contributed by atoms with Gasteiger partial charge in [0.05, 0.1) is 35.0 Å². The maximum atomic E-state index is 13.6. The Labute approximate surface area is 237 Å². The number of benzene rings is 3. The van der Waals surface area contributed by atoms with Crippen molar-refractivity contribution in [2.75, 3.05) is 37.1 Å². The first kappa shape index (κ1) is 27.2. The number of fused-ring (bicyclic) bond motifs is 1. The Morgan fingerprint density at radius 2 is 1.68 bits per heavy atom. The highest BCUT2D eigenvalue weighted by molar-refractivity contribution is 7.22. The van der Waals surface area contributed by atoms with Crippen LogP contribution in [0.1, 0.15) is 37.4 Å². The first-order valence-electron chi connectivity index (χ1n) is 13.2. The van der Waals surface area contributed by atoms with Gasteiger partial charge in [-0.15, -0.1) is 0 Å². The minimum absolute atomic E-state index is 0.0130. The van der Waals surface area contributed by atoms with Crippen LogP contribution < -0.4 is 19.3 Å². The average molecular weight is 558 g/mol. The summed E-state index contributed by atoms with van der Waals surface area (Å²) in [6, 6.07) is 19.1. The van der Waals surface area contributed by atoms with Crippen LogP contribution in [0.25, 0.3) is 16.0 Å². The summed E-state index contributed by atoms with van der Waals surface area (Å²) < 4.78 is 12.1. The van der Waals surface area contributed by atoms with Crippen molar-refractivity contribution < 1.29 is 24.2 Å². The van der Waals surface area contributed by atoms with E-state index in [1.165, 1.54) is 16.2 Å². The van der Waals surface area contributed by atoms with Crippen LogP contribution in [0.4, 0.5) is 10.8 Å². The molecule has 1 fully saturated rings. The number of aliphatic hydroxyl groups is 1. The third-order valence-electron chi connectivity index (χ3n) is 6.64. The molecule has 0 radical (unpaired) electrons. The molecule has 5 rings (SSSR count). The van der Waals surface area contributed by atoms with E-state index in [9.17, 15) is 14.7 Å². The molecule has 3 aromatic carbocycles. The number of Topliss-reactive ketones (excluding diaryl/α,β-unsaturated/α-hetero) is 1. The molecule has 8 nitrogen and oxygen atoms in total. The molecular formula is C31H31N3O5S. The van der Waals surface area contributed by atoms with Gasteiger partial charge >= 0.3 is 5.91 Å². The first-order chi connectivity index (χ1) is 19.3. The fourth-order valence-corrected chi connectivity index (χ4v) is 5.66. The maximum Gasteiger partial charge on any atom is 0.301 e. The highest BCUT2D eigenvalue weighted by Gasteiger charge is 2.48. The molecule has 4 aromatic rings. The molecule has 2 heterocycles. The number of ketones is 1. The monoisotopic (exact) mass is 557 g/mol. The summed E-state index contributed by atoms with van der Waals surface area (Å²) in [4.78, 5) is 35.2. The molecule has 0 bridgehead atoms. The molecule has 1 aliphatic heterocycles. The van der Waals surface area contributed by atoms with E-state index >= 15 is 0 Å². The van der Waals surface area contributed by atoms with Crippen LogP contribution in [0.2, 0.25) is 0 Å². The minimum Gasteiger partial charge on any atom is -0.507 e. The Balaban J connectivity index is 1.63. The van der Waals surface area contributed by atoms with E-state index in [0.717, 1.165) is 16.8 Å². The Morgan fingerprint density at radius 1 is 0.975 bits per heavy atom. The van der Waals surface area contributed by atoms with Gasteiger partial charge < -0.3 is 19.5 Å². The van der Waals surface area contributed by atoms with Crippen LogP contribution in [0.3, 0.4) is 0 Å². The Morgan fingerprint density at radius 3 is 2.33 bits per heavy atom. The second-order valence-corrected chi connectivity index (χ2v) is 10.6. The number of rotatable bonds is 9. The fraction of sp³-hybridized carbons (Fsp3) is 0.258. The lowest BCUT2D eigenvalue weighted by molar-refractivity contribution is -0.132. The van der Waals surface area contributed by atoms with Gasteiger partial charge in [-0.2, -0.15) is 0 Å². The van der Waals surface area contributed by atoms with Crippen molar-refractivity contribution in [1.29, 1.82) is 0 Å². The number of aliphatic hydroxyl groups excluding tert-OH is 1. The SMILES string of the molecule is CCCOc1ccc(/C(O)=C2\C(=O)C(=O)N(c3nc4ccc(OCC)cc4s3)C2c2ccc(N(C)C)cc2)cc1. The van der Waals surface area contributed by atoms with Crippen molar-refractivity contribution in [1.82, 2.24) is 4.98 Å². The number of hydrogen-bond donors (Lipinski definition) is 1. The normalized spacial score (nSPS) is 16.5. The lowest BCUT2D eigenvalue weighted by Gasteiger charge is -2.23. The molecule has 0 saturated carbocycles. The minimum atomic E-state index is -0.862. The molecule has 1 N–H and O–H groups in total. The van der Waals surface area contributed by atoms with E-state index in [1.807, 2.05) is 75.3 Å². The van der Waals surface area contributed by atoms with Crippen LogP contribution in [0.15, 0.2) is 72.3 Å². The van der Waals surface area contributed by atoms with Crippen molar-refractivity contribution >= 4 is 49.8 Å². The third kappa shape index (κ3) is 5.12. The third-order valence-corrected chi connectivity index (χ3v) is 7.65. The number of aromatic nitrogens is 1. The summed E-state index contributed by atoms with van der Waals surface area (Å²) in [5.74, 6) is -0.385. The zero-order valence-corrected chi connectivity index (χ0v) is 23.7. The summed E-state index contributed by atoms with van der Waals surface area (Å²) in [6.45, 7) is 5.04. The van der Waals surface area contributed by atoms with Gasteiger partial charge in [-0.05, 0) is 73.5 Å². The smallest absolute Gasteiger partial charge is 0.301 e. The van der Waals surface area contributed by atoms with Gasteiger partial charge in [-0.1, -0.05) is 30.4 Å². The van der Waals surface area contributed by atoms with Crippen LogP contribution in [-0.4, -0.2) is 49.1 Å². The number of amides is 1. The van der Waals surface area contributed by atoms with Crippen molar-refractivity contribution in [2.24, 2.45) is 0 Å². The Bertz CT molecular complexity index is 1580. The largest absolute Gasteiger partial charge is 0.507 e. The molecular weight excluding hydrogens is 526 g/mol. The molecule has 1 aromatic heterocycles. The molecule has 40 heavy (non-hydrogen) atoms. The number of anilines is 2. The van der Waals surface area contributed by atoms with E-state index in [4.69, 9.17) is 14.5 Å². The summed E-state index contributed by atoms with van der Waals surface area (Å²) in [5, 5.41) is 11.8. The van der Waals surface area contributed by atoms with E-state index < -0.39 is 17.7 Å². The molecule has 1 aliphatic rings. The van der Waals surface area contributed by atoms with Gasteiger partial charge in [-0.3, -0.25) is 14.5 Å². The number of hydrogen-bond acceptors (Lipinski definition) is 8. The van der Waals surface area contributed by atoms with Crippen molar-refractivity contribution in [3.05, 3.63) is 83.4 Å². The quantitative estimate of drug-likeness (QED) is 0.149. The van der Waals surface area contributed by atoms with Crippen molar-refractivity contribution in [3.8, 4) is 11.5 Å². The predicted molar refractivity (Wildman–Crippen MR) is 159 cm³/mol. The molecule has 0 aliphatic carbocycles. The summed E-state index contributed by atoms with van der Waals surface area (Å²) in [6.07, 6.45) is 0.872. The number of carbonyl (C=O) groups excluding carboxylic acids is 2. The Hall–Kier alpha value is -4.37. The summed E-state index contributed by atoms with van der Waals surface area (Å²) in [7, 11) is 3.87. The molecule has 1 atom stereocenters. The maximum absolute atomic E-state index is 13.6. The van der Waals surface area contributed by atoms with E-state index in [1.54, 1.807) is 24.3 Å². The number of thiazole rings is 1. The molecule has 1 unspecified atom stereocenters. The second-order valence-electron chi connectivity index (χ2n) is 9.59. The van der Waals surface area contributed by atoms with Crippen LogP contribution in [0.5, 0.6) is 11.5 Å². The standard InChI is InChI=1S/C31H31N3O5S/c1-5-17-39-22-13-9-20(10-14-22)28(35)26-27(19-7-11-21(12-8-19)33(3)4)34(30(37)29(26)36)31-32-24-16-15-23(38-6-2)18-25(24)40-31/h7-16,18,27,35H,5-6,17H2,1-4H3/b28-26+. The second kappa shape index (κ2) is 11.4. The first-order valence-corrected chi connectivity index (χ1v) is 14.0. The zero-order chi connectivity index (χ0) is 28.4. The van der Waals surface area contributed by atoms with Gasteiger partial charge in [0.1, 0.15) is 17.3 Å². The van der Waals surface area contributed by atoms with Gasteiger partial charge in [0.25, 0.3) is 5.78 Å². The van der Waals surface area contributed by atoms with Crippen LogP contribution in [-0.2, 0) is 9.59 Å². The predicted octanol–water partition coefficient (Wildman–Crippen LogP) is 6.18. The zero-order valence-electron chi connectivity index (χ0n) is 22.9. The van der Waals surface area contributed by atoms with E-state index in [0.29, 0.717) is 46.5 Å². The van der Waals surface area contributed by atoms with Crippen molar-refractivity contribution in [3.63, 3.8) is 0 Å². The van der Waals surface area contributed by atoms with E-state index in [-0.39, 0.29) is 11.3 Å².